The summed E-state index contributed by atoms with van der Waals surface area (Å²) in [6.07, 6.45) is -0.983. The number of sulfone groups is 1. The van der Waals surface area contributed by atoms with Crippen LogP contribution in [0.15, 0.2) is 0 Å². The molecular weight excluding hydrogens is 244 g/mol. The maximum atomic E-state index is 11.5. The van der Waals surface area contributed by atoms with Crippen molar-refractivity contribution in [2.75, 3.05) is 31.6 Å². The number of hydrogen-bond donors (Lipinski definition) is 3. The van der Waals surface area contributed by atoms with Gasteiger partial charge in [-0.15, -0.1) is 0 Å². The molecule has 0 bridgehead atoms. The molecule has 3 N–H and O–H groups in total. The number of rotatable bonds is 8. The quantitative estimate of drug-likeness (QED) is 0.510. The number of carbonyl (C=O) groups excluding carboxylic acids is 1. The summed E-state index contributed by atoms with van der Waals surface area (Å²) in [6.45, 7) is 4.96. The van der Waals surface area contributed by atoms with E-state index in [1.165, 1.54) is 7.05 Å². The highest BCUT2D eigenvalue weighted by Crippen LogP contribution is 1.95. The molecule has 6 nitrogen and oxygen atoms in total. The van der Waals surface area contributed by atoms with Crippen LogP contribution in [0.3, 0.4) is 0 Å². The highest BCUT2D eigenvalue weighted by Gasteiger charge is 2.20. The van der Waals surface area contributed by atoms with Crippen molar-refractivity contribution in [3.63, 3.8) is 0 Å². The third-order valence-electron chi connectivity index (χ3n) is 2.01. The van der Waals surface area contributed by atoms with Gasteiger partial charge in [-0.05, 0) is 12.5 Å². The normalized spacial score (nSPS) is 13.7. The van der Waals surface area contributed by atoms with Crippen LogP contribution in [-0.2, 0) is 14.6 Å². The first-order valence-corrected chi connectivity index (χ1v) is 7.38. The Morgan fingerprint density at radius 1 is 1.29 bits per heavy atom. The second-order valence-electron chi connectivity index (χ2n) is 4.43. The highest BCUT2D eigenvalue weighted by atomic mass is 32.2. The molecule has 7 heteroatoms. The zero-order chi connectivity index (χ0) is 13.5. The van der Waals surface area contributed by atoms with Crippen LogP contribution in [0.25, 0.3) is 0 Å². The monoisotopic (exact) mass is 266 g/mol. The van der Waals surface area contributed by atoms with E-state index in [-0.39, 0.29) is 6.54 Å². The zero-order valence-corrected chi connectivity index (χ0v) is 11.4. The molecule has 102 valence electrons. The van der Waals surface area contributed by atoms with Crippen molar-refractivity contribution in [3.05, 3.63) is 0 Å². The summed E-state index contributed by atoms with van der Waals surface area (Å²) in [7, 11) is -2.17. The molecule has 0 rings (SSSR count). The summed E-state index contributed by atoms with van der Waals surface area (Å²) in [5.74, 6) is -1.10. The Balaban J connectivity index is 4.01. The molecule has 1 amide bonds. The minimum atomic E-state index is -3.54. The highest BCUT2D eigenvalue weighted by molar-refractivity contribution is 7.92. The molecule has 0 aliphatic rings. The first kappa shape index (κ1) is 16.3. The average molecular weight is 266 g/mol. The van der Waals surface area contributed by atoms with Gasteiger partial charge in [-0.3, -0.25) is 4.79 Å². The van der Waals surface area contributed by atoms with Crippen LogP contribution in [0.5, 0.6) is 0 Å². The van der Waals surface area contributed by atoms with E-state index in [9.17, 15) is 18.3 Å². The van der Waals surface area contributed by atoms with Crippen LogP contribution in [0.2, 0.25) is 0 Å². The topological polar surface area (TPSA) is 95.5 Å². The molecule has 0 aromatic carbocycles. The Morgan fingerprint density at radius 3 is 2.35 bits per heavy atom. The fraction of sp³-hybridized carbons (Fsp3) is 0.900. The number of hydrogen-bond acceptors (Lipinski definition) is 5. The largest absolute Gasteiger partial charge is 0.391 e. The lowest BCUT2D eigenvalue weighted by Gasteiger charge is -2.13. The van der Waals surface area contributed by atoms with Gasteiger partial charge in [-0.1, -0.05) is 13.8 Å². The molecule has 1 unspecified atom stereocenters. The molecule has 0 fully saturated rings. The van der Waals surface area contributed by atoms with E-state index >= 15 is 0 Å². The van der Waals surface area contributed by atoms with E-state index < -0.39 is 33.4 Å². The summed E-state index contributed by atoms with van der Waals surface area (Å²) >= 11 is 0. The number of nitrogens with one attached hydrogen (secondary N) is 2. The summed E-state index contributed by atoms with van der Waals surface area (Å²) in [4.78, 5) is 10.9. The van der Waals surface area contributed by atoms with E-state index in [4.69, 9.17) is 0 Å². The molecule has 0 saturated carbocycles. The zero-order valence-electron chi connectivity index (χ0n) is 10.6. The third-order valence-corrected chi connectivity index (χ3v) is 3.60. The predicted octanol–water partition coefficient (Wildman–Crippen LogP) is -1.25. The average Bonchev–Trinajstić information content (AvgIpc) is 2.15. The molecular formula is C10H22N2O4S. The van der Waals surface area contributed by atoms with E-state index in [0.29, 0.717) is 12.5 Å². The first-order chi connectivity index (χ1) is 7.76. The van der Waals surface area contributed by atoms with Crippen molar-refractivity contribution in [3.8, 4) is 0 Å². The van der Waals surface area contributed by atoms with Gasteiger partial charge in [-0.2, -0.15) is 0 Å². The Bertz CT molecular complexity index is 327. The number of aliphatic hydroxyl groups is 1. The molecule has 0 aliphatic heterocycles. The SMILES string of the molecule is CNC(=O)CS(=O)(=O)CC(O)CNCC(C)C. The lowest BCUT2D eigenvalue weighted by Crippen LogP contribution is -2.37. The van der Waals surface area contributed by atoms with Crippen molar-refractivity contribution in [1.29, 1.82) is 0 Å². The first-order valence-electron chi connectivity index (χ1n) is 5.56. The van der Waals surface area contributed by atoms with Gasteiger partial charge < -0.3 is 15.7 Å². The van der Waals surface area contributed by atoms with E-state index in [0.717, 1.165) is 0 Å². The van der Waals surface area contributed by atoms with Crippen LogP contribution < -0.4 is 10.6 Å². The lowest BCUT2D eigenvalue weighted by molar-refractivity contribution is -0.118. The second kappa shape index (κ2) is 7.62. The molecule has 0 spiro atoms. The minimum Gasteiger partial charge on any atom is -0.391 e. The fourth-order valence-corrected chi connectivity index (χ4v) is 2.59. The van der Waals surface area contributed by atoms with Crippen LogP contribution >= 0.6 is 0 Å². The van der Waals surface area contributed by atoms with Gasteiger partial charge in [-0.25, -0.2) is 8.42 Å². The van der Waals surface area contributed by atoms with E-state index in [2.05, 4.69) is 10.6 Å². The smallest absolute Gasteiger partial charge is 0.234 e. The summed E-state index contributed by atoms with van der Waals surface area (Å²) in [5.41, 5.74) is 0. The maximum absolute atomic E-state index is 11.5. The number of carbonyl (C=O) groups is 1. The van der Waals surface area contributed by atoms with E-state index in [1.807, 2.05) is 13.8 Å². The van der Waals surface area contributed by atoms with Crippen LogP contribution in [-0.4, -0.2) is 57.2 Å². The maximum Gasteiger partial charge on any atom is 0.234 e. The summed E-state index contributed by atoms with van der Waals surface area (Å²) < 4.78 is 22.9. The molecule has 0 heterocycles. The van der Waals surface area contributed by atoms with Crippen molar-refractivity contribution in [1.82, 2.24) is 10.6 Å². The van der Waals surface area contributed by atoms with Crippen LogP contribution in [0.1, 0.15) is 13.8 Å². The third kappa shape index (κ3) is 9.08. The molecule has 0 saturated heterocycles. The van der Waals surface area contributed by atoms with Gasteiger partial charge >= 0.3 is 0 Å². The number of aliphatic hydroxyl groups excluding tert-OH is 1. The van der Waals surface area contributed by atoms with Gasteiger partial charge in [0.1, 0.15) is 5.75 Å². The summed E-state index contributed by atoms with van der Waals surface area (Å²) in [5, 5.41) is 14.7. The number of amides is 1. The molecule has 17 heavy (non-hydrogen) atoms. The van der Waals surface area contributed by atoms with Crippen molar-refractivity contribution in [2.24, 2.45) is 5.92 Å². The van der Waals surface area contributed by atoms with Gasteiger partial charge in [0.25, 0.3) is 0 Å². The van der Waals surface area contributed by atoms with Crippen LogP contribution in [0, 0.1) is 5.92 Å². The molecule has 1 atom stereocenters. The fourth-order valence-electron chi connectivity index (χ4n) is 1.22. The standard InChI is InChI=1S/C10H22N2O4S/c1-8(2)4-12-5-9(13)6-17(15,16)7-10(14)11-3/h8-9,12-13H,4-7H2,1-3H3,(H,11,14). The Hall–Kier alpha value is -0.660. The van der Waals surface area contributed by atoms with Gasteiger partial charge in [0, 0.05) is 13.6 Å². The Labute approximate surface area is 103 Å². The minimum absolute atomic E-state index is 0.213. The lowest BCUT2D eigenvalue weighted by atomic mass is 10.2. The molecule has 0 aromatic heterocycles. The molecule has 0 aliphatic carbocycles. The Kier molecular flexibility index (Phi) is 7.33. The van der Waals surface area contributed by atoms with Gasteiger partial charge in [0.2, 0.25) is 5.91 Å². The van der Waals surface area contributed by atoms with E-state index in [1.54, 1.807) is 0 Å². The van der Waals surface area contributed by atoms with Gasteiger partial charge in [0.15, 0.2) is 9.84 Å². The molecule has 0 radical (unpaired) electrons. The predicted molar refractivity (Wildman–Crippen MR) is 66.4 cm³/mol. The molecule has 0 aromatic rings. The van der Waals surface area contributed by atoms with Crippen molar-refractivity contribution in [2.45, 2.75) is 20.0 Å². The summed E-state index contributed by atoms with van der Waals surface area (Å²) in [6, 6.07) is 0. The second-order valence-corrected chi connectivity index (χ2v) is 6.54. The Morgan fingerprint density at radius 2 is 1.88 bits per heavy atom. The van der Waals surface area contributed by atoms with Crippen molar-refractivity contribution >= 4 is 15.7 Å². The van der Waals surface area contributed by atoms with Crippen molar-refractivity contribution < 1.29 is 18.3 Å². The van der Waals surface area contributed by atoms with Crippen LogP contribution in [0.4, 0.5) is 0 Å². The van der Waals surface area contributed by atoms with Gasteiger partial charge in [0.05, 0.1) is 11.9 Å².